The molecule has 0 unspecified atom stereocenters. The fraction of sp³-hybridized carbons (Fsp3) is 0.238. The molecule has 0 saturated heterocycles. The largest absolute Gasteiger partial charge is 0.103 e. The second kappa shape index (κ2) is 7.28. The van der Waals surface area contributed by atoms with E-state index in [-0.39, 0.29) is 0 Å². The molecule has 0 N–H and O–H groups in total. The molecule has 0 amide bonds. The molecule has 2 rings (SSSR count). The van der Waals surface area contributed by atoms with Crippen LogP contribution in [0, 0.1) is 0 Å². The Kier molecular flexibility index (Phi) is 5.61. The lowest BCUT2D eigenvalue weighted by Gasteiger charge is -2.37. The van der Waals surface area contributed by atoms with E-state index in [0.29, 0.717) is 0 Å². The van der Waals surface area contributed by atoms with Gasteiger partial charge in [-0.25, -0.2) is 0 Å². The Balaban J connectivity index is 2.45. The first-order chi connectivity index (χ1) is 10.9. The lowest BCUT2D eigenvalue weighted by Crippen LogP contribution is -2.62. The van der Waals surface area contributed by atoms with Crippen LogP contribution < -0.4 is 5.19 Å². The zero-order valence-corrected chi connectivity index (χ0v) is 16.8. The Labute approximate surface area is 143 Å². The second-order valence-corrected chi connectivity index (χ2v) is 22.4. The molecule has 2 heteroatoms. The van der Waals surface area contributed by atoms with Crippen LogP contribution in [0.5, 0.6) is 0 Å². The maximum atomic E-state index is 3.96. The molecule has 2 aromatic rings. The van der Waals surface area contributed by atoms with Crippen molar-refractivity contribution in [2.45, 2.75) is 32.6 Å². The molecule has 120 valence electrons. The van der Waals surface area contributed by atoms with E-state index < -0.39 is 15.2 Å². The molecule has 23 heavy (non-hydrogen) atoms. The van der Waals surface area contributed by atoms with Gasteiger partial charge < -0.3 is 0 Å². The first-order valence-corrected chi connectivity index (χ1v) is 15.4. The van der Waals surface area contributed by atoms with Crippen LogP contribution in [0.25, 0.3) is 5.57 Å². The van der Waals surface area contributed by atoms with Crippen molar-refractivity contribution in [1.82, 2.24) is 0 Å². The van der Waals surface area contributed by atoms with Crippen LogP contribution in [-0.4, -0.2) is 15.2 Å². The van der Waals surface area contributed by atoms with E-state index in [1.165, 1.54) is 11.1 Å². The summed E-state index contributed by atoms with van der Waals surface area (Å²) >= 11 is 0. The van der Waals surface area contributed by atoms with Crippen molar-refractivity contribution in [3.05, 3.63) is 84.6 Å². The van der Waals surface area contributed by atoms with Crippen molar-refractivity contribution in [1.29, 1.82) is 0 Å². The van der Waals surface area contributed by atoms with Crippen LogP contribution in [-0.2, 0) is 0 Å². The minimum atomic E-state index is -1.53. The third-order valence-electron chi connectivity index (χ3n) is 5.15. The summed E-state index contributed by atoms with van der Waals surface area (Å²) in [5.74, 6) is 0. The van der Waals surface area contributed by atoms with Gasteiger partial charge in [-0.2, -0.15) is 0 Å². The molecule has 0 nitrogen and oxygen atoms in total. The van der Waals surface area contributed by atoms with Crippen LogP contribution in [0.15, 0.2) is 79.0 Å². The first kappa shape index (κ1) is 17.7. The van der Waals surface area contributed by atoms with Crippen molar-refractivity contribution in [2.75, 3.05) is 0 Å². The second-order valence-electron chi connectivity index (χ2n) is 7.24. The summed E-state index contributed by atoms with van der Waals surface area (Å²) in [5, 5.41) is 1.57. The summed E-state index contributed by atoms with van der Waals surface area (Å²) in [6.07, 6.45) is 2.97. The summed E-state index contributed by atoms with van der Waals surface area (Å²) in [7, 11) is -3.03. The van der Waals surface area contributed by atoms with E-state index in [1.807, 2.05) is 6.08 Å². The molecule has 0 aromatic heterocycles. The average molecular weight is 337 g/mol. The summed E-state index contributed by atoms with van der Waals surface area (Å²) in [5.41, 5.74) is 5.41. The molecule has 0 aliphatic rings. The molecule has 0 bridgehead atoms. The Hall–Kier alpha value is -1.65. The van der Waals surface area contributed by atoms with Gasteiger partial charge >= 0.3 is 0 Å². The highest BCUT2D eigenvalue weighted by Gasteiger charge is 2.40. The summed E-state index contributed by atoms with van der Waals surface area (Å²) in [6, 6.07) is 21.9. The van der Waals surface area contributed by atoms with Crippen molar-refractivity contribution in [3.8, 4) is 0 Å². The van der Waals surface area contributed by atoms with E-state index in [9.17, 15) is 0 Å². The molecule has 0 saturated carbocycles. The molecule has 0 aliphatic carbocycles. The molecule has 0 aliphatic heterocycles. The molecule has 2 aromatic carbocycles. The Bertz CT molecular complexity index is 668. The number of benzene rings is 2. The van der Waals surface area contributed by atoms with E-state index in [0.717, 1.165) is 6.42 Å². The van der Waals surface area contributed by atoms with Gasteiger partial charge in [0.1, 0.15) is 0 Å². The van der Waals surface area contributed by atoms with Gasteiger partial charge in [-0.15, -0.1) is 6.58 Å². The fourth-order valence-corrected chi connectivity index (χ4v) is 10.5. The highest BCUT2D eigenvalue weighted by molar-refractivity contribution is 7.47. The van der Waals surface area contributed by atoms with Crippen LogP contribution >= 0.6 is 0 Å². The monoisotopic (exact) mass is 336 g/mol. The van der Waals surface area contributed by atoms with E-state index in [2.05, 4.69) is 99.1 Å². The third kappa shape index (κ3) is 4.01. The van der Waals surface area contributed by atoms with Crippen LogP contribution in [0.2, 0.25) is 26.2 Å². The zero-order chi connectivity index (χ0) is 16.9. The number of hydrogen-bond donors (Lipinski definition) is 0. The van der Waals surface area contributed by atoms with Crippen molar-refractivity contribution >= 4 is 25.9 Å². The summed E-state index contributed by atoms with van der Waals surface area (Å²) in [6.45, 7) is 14.1. The van der Waals surface area contributed by atoms with Crippen molar-refractivity contribution in [2.24, 2.45) is 0 Å². The third-order valence-corrected chi connectivity index (χ3v) is 22.2. The number of hydrogen-bond acceptors (Lipinski definition) is 0. The van der Waals surface area contributed by atoms with Crippen LogP contribution in [0.4, 0.5) is 0 Å². The van der Waals surface area contributed by atoms with Gasteiger partial charge in [0.2, 0.25) is 0 Å². The Morgan fingerprint density at radius 2 is 1.39 bits per heavy atom. The Morgan fingerprint density at radius 1 is 0.870 bits per heavy atom. The lowest BCUT2D eigenvalue weighted by molar-refractivity contribution is 1.40. The topological polar surface area (TPSA) is 0 Å². The molecular weight excluding hydrogens is 308 g/mol. The predicted molar refractivity (Wildman–Crippen MR) is 110 cm³/mol. The molecule has 0 spiro atoms. The summed E-state index contributed by atoms with van der Waals surface area (Å²) < 4.78 is 0. The Morgan fingerprint density at radius 3 is 1.91 bits per heavy atom. The minimum absolute atomic E-state index is 0.944. The normalized spacial score (nSPS) is 13.0. The SMILES string of the molecule is C=CCC(=C[Si](C)(C)[Si](C)(C)c1ccccc1)c1ccccc1. The smallest absolute Gasteiger partial charge is 0.0784 e. The van der Waals surface area contributed by atoms with Crippen LogP contribution in [0.1, 0.15) is 12.0 Å². The maximum Gasteiger partial charge on any atom is 0.0784 e. The van der Waals surface area contributed by atoms with E-state index in [1.54, 1.807) is 5.19 Å². The first-order valence-electron chi connectivity index (χ1n) is 8.32. The molecule has 0 radical (unpaired) electrons. The van der Waals surface area contributed by atoms with Gasteiger partial charge in [-0.05, 0) is 17.6 Å². The minimum Gasteiger partial charge on any atom is -0.103 e. The predicted octanol–water partition coefficient (Wildman–Crippen LogP) is 5.59. The standard InChI is InChI=1S/C21H28Si2/c1-6-13-20(19-14-9-7-10-15-19)18-22(2,3)23(4,5)21-16-11-8-12-17-21/h6-12,14-18H,1,13H2,2-5H3. The maximum absolute atomic E-state index is 3.96. The average Bonchev–Trinajstić information content (AvgIpc) is 2.56. The number of allylic oxidation sites excluding steroid dienone is 2. The van der Waals surface area contributed by atoms with Gasteiger partial charge in [0.25, 0.3) is 0 Å². The molecule has 0 fully saturated rings. The summed E-state index contributed by atoms with van der Waals surface area (Å²) in [4.78, 5) is 0. The van der Waals surface area contributed by atoms with Crippen molar-refractivity contribution in [3.63, 3.8) is 0 Å². The number of rotatable bonds is 6. The van der Waals surface area contributed by atoms with Gasteiger partial charge in [0.05, 0.1) is 15.2 Å². The van der Waals surface area contributed by atoms with E-state index in [4.69, 9.17) is 0 Å². The highest BCUT2D eigenvalue weighted by Crippen LogP contribution is 2.27. The highest BCUT2D eigenvalue weighted by atomic mass is 29.3. The quantitative estimate of drug-likeness (QED) is 0.476. The van der Waals surface area contributed by atoms with E-state index >= 15 is 0 Å². The van der Waals surface area contributed by atoms with Gasteiger partial charge in [0.15, 0.2) is 0 Å². The van der Waals surface area contributed by atoms with Gasteiger partial charge in [-0.1, -0.05) is 104 Å². The van der Waals surface area contributed by atoms with Crippen LogP contribution in [0.3, 0.4) is 0 Å². The fourth-order valence-electron chi connectivity index (χ4n) is 2.91. The molecule has 0 atom stereocenters. The lowest BCUT2D eigenvalue weighted by atomic mass is 10.1. The van der Waals surface area contributed by atoms with Gasteiger partial charge in [-0.3, -0.25) is 0 Å². The molecule has 0 heterocycles. The molecular formula is C21H28Si2. The van der Waals surface area contributed by atoms with Gasteiger partial charge in [0, 0.05) is 0 Å². The van der Waals surface area contributed by atoms with Crippen molar-refractivity contribution < 1.29 is 0 Å². The zero-order valence-electron chi connectivity index (χ0n) is 14.8.